The first-order valence-corrected chi connectivity index (χ1v) is 6.34. The molecule has 1 aromatic rings. The van der Waals surface area contributed by atoms with Crippen LogP contribution in [0.15, 0.2) is 12.1 Å². The maximum atomic E-state index is 10.0. The summed E-state index contributed by atoms with van der Waals surface area (Å²) in [4.78, 5) is 0. The molecule has 0 fully saturated rings. The van der Waals surface area contributed by atoms with Crippen LogP contribution >= 0.6 is 0 Å². The normalized spacial score (nSPS) is 10.3. The molecule has 0 saturated carbocycles. The molecule has 0 aliphatic heterocycles. The van der Waals surface area contributed by atoms with Crippen LogP contribution in [-0.4, -0.2) is 18.3 Å². The van der Waals surface area contributed by atoms with Crippen LogP contribution in [0.25, 0.3) is 0 Å². The van der Waals surface area contributed by atoms with Crippen molar-refractivity contribution in [3.05, 3.63) is 17.7 Å². The van der Waals surface area contributed by atoms with Gasteiger partial charge in [0.2, 0.25) is 5.75 Å². The van der Waals surface area contributed by atoms with Gasteiger partial charge in [-0.15, -0.1) is 0 Å². The Morgan fingerprint density at radius 1 is 0.941 bits per heavy atom. The van der Waals surface area contributed by atoms with Gasteiger partial charge in [0.05, 0.1) is 13.2 Å². The second-order valence-corrected chi connectivity index (χ2v) is 3.99. The molecule has 17 heavy (non-hydrogen) atoms. The molecule has 3 heteroatoms. The van der Waals surface area contributed by atoms with Crippen molar-refractivity contribution >= 4 is 0 Å². The van der Waals surface area contributed by atoms with Gasteiger partial charge in [-0.05, 0) is 37.0 Å². The van der Waals surface area contributed by atoms with Gasteiger partial charge in [-0.1, -0.05) is 20.8 Å². The fraction of sp³-hybridized carbons (Fsp3) is 0.571. The lowest BCUT2D eigenvalue weighted by Gasteiger charge is -2.13. The maximum Gasteiger partial charge on any atom is 0.200 e. The molecule has 0 aromatic heterocycles. The van der Waals surface area contributed by atoms with Crippen LogP contribution < -0.4 is 9.47 Å². The van der Waals surface area contributed by atoms with Crippen molar-refractivity contribution in [2.24, 2.45) is 0 Å². The lowest BCUT2D eigenvalue weighted by molar-refractivity contribution is 0.273. The number of ether oxygens (including phenoxy) is 2. The molecule has 1 N–H and O–H groups in total. The molecule has 3 nitrogen and oxygen atoms in total. The van der Waals surface area contributed by atoms with E-state index in [0.717, 1.165) is 24.8 Å². The summed E-state index contributed by atoms with van der Waals surface area (Å²) in [6, 6.07) is 3.76. The maximum absolute atomic E-state index is 10.0. The van der Waals surface area contributed by atoms with Crippen molar-refractivity contribution in [2.45, 2.75) is 40.0 Å². The van der Waals surface area contributed by atoms with Crippen LogP contribution in [0.1, 0.15) is 39.2 Å². The third-order valence-corrected chi connectivity index (χ3v) is 2.43. The number of benzene rings is 1. The first-order valence-electron chi connectivity index (χ1n) is 6.34. The minimum Gasteiger partial charge on any atom is -0.502 e. The van der Waals surface area contributed by atoms with Crippen molar-refractivity contribution in [2.75, 3.05) is 13.2 Å². The highest BCUT2D eigenvalue weighted by Crippen LogP contribution is 2.37. The third-order valence-electron chi connectivity index (χ3n) is 2.43. The van der Waals surface area contributed by atoms with Gasteiger partial charge in [-0.2, -0.15) is 0 Å². The van der Waals surface area contributed by atoms with Crippen LogP contribution in [0.3, 0.4) is 0 Å². The average Bonchev–Trinajstić information content (AvgIpc) is 2.36. The van der Waals surface area contributed by atoms with E-state index in [1.165, 1.54) is 0 Å². The smallest absolute Gasteiger partial charge is 0.200 e. The fourth-order valence-electron chi connectivity index (χ4n) is 1.48. The second kappa shape index (κ2) is 7.05. The number of hydrogen-bond acceptors (Lipinski definition) is 3. The quantitative estimate of drug-likeness (QED) is 0.789. The third kappa shape index (κ3) is 3.84. The first kappa shape index (κ1) is 13.7. The standard InChI is InChI=1S/C14H22O3/c1-4-7-16-12-9-11(6-3)10-13(14(12)15)17-8-5-2/h9-10,15H,4-8H2,1-3H3. The summed E-state index contributed by atoms with van der Waals surface area (Å²) in [7, 11) is 0. The van der Waals surface area contributed by atoms with E-state index in [2.05, 4.69) is 6.92 Å². The summed E-state index contributed by atoms with van der Waals surface area (Å²) >= 11 is 0. The number of rotatable bonds is 7. The number of hydrogen-bond donors (Lipinski definition) is 1. The highest BCUT2D eigenvalue weighted by atomic mass is 16.5. The van der Waals surface area contributed by atoms with Crippen LogP contribution in [0.5, 0.6) is 17.2 Å². The van der Waals surface area contributed by atoms with Gasteiger partial charge in [0.15, 0.2) is 11.5 Å². The number of phenolic OH excluding ortho intramolecular Hbond substituents is 1. The largest absolute Gasteiger partial charge is 0.502 e. The van der Waals surface area contributed by atoms with E-state index < -0.39 is 0 Å². The van der Waals surface area contributed by atoms with Gasteiger partial charge < -0.3 is 14.6 Å². The van der Waals surface area contributed by atoms with Gasteiger partial charge in [-0.3, -0.25) is 0 Å². The molecule has 0 unspecified atom stereocenters. The first-order chi connectivity index (χ1) is 8.22. The van der Waals surface area contributed by atoms with Crippen LogP contribution in [0.2, 0.25) is 0 Å². The topological polar surface area (TPSA) is 38.7 Å². The van der Waals surface area contributed by atoms with Crippen molar-refractivity contribution in [3.63, 3.8) is 0 Å². The van der Waals surface area contributed by atoms with E-state index >= 15 is 0 Å². The van der Waals surface area contributed by atoms with Gasteiger partial charge in [0, 0.05) is 0 Å². The summed E-state index contributed by atoms with van der Waals surface area (Å²) in [5.41, 5.74) is 1.11. The van der Waals surface area contributed by atoms with E-state index in [4.69, 9.17) is 9.47 Å². The average molecular weight is 238 g/mol. The molecule has 1 aromatic carbocycles. The fourth-order valence-corrected chi connectivity index (χ4v) is 1.48. The Bertz CT molecular complexity index is 318. The summed E-state index contributed by atoms with van der Waals surface area (Å²) in [6.07, 6.45) is 2.73. The molecule has 0 amide bonds. The molecule has 0 spiro atoms. The Balaban J connectivity index is 2.94. The van der Waals surface area contributed by atoms with E-state index in [-0.39, 0.29) is 5.75 Å². The molecular formula is C14H22O3. The SMILES string of the molecule is CCCOc1cc(CC)cc(OCCC)c1O. The lowest BCUT2D eigenvalue weighted by atomic mass is 10.1. The zero-order valence-electron chi connectivity index (χ0n) is 11.0. The van der Waals surface area contributed by atoms with E-state index in [0.29, 0.717) is 24.7 Å². The minimum atomic E-state index is 0.115. The molecule has 96 valence electrons. The Hall–Kier alpha value is -1.38. The molecule has 0 radical (unpaired) electrons. The van der Waals surface area contributed by atoms with Crippen molar-refractivity contribution < 1.29 is 14.6 Å². The summed E-state index contributed by atoms with van der Waals surface area (Å²) in [5.74, 6) is 1.17. The van der Waals surface area contributed by atoms with Gasteiger partial charge in [0.25, 0.3) is 0 Å². The predicted octanol–water partition coefficient (Wildman–Crippen LogP) is 3.53. The highest BCUT2D eigenvalue weighted by molar-refractivity contribution is 5.52. The van der Waals surface area contributed by atoms with Crippen molar-refractivity contribution in [3.8, 4) is 17.2 Å². The Morgan fingerprint density at radius 3 is 1.76 bits per heavy atom. The van der Waals surface area contributed by atoms with Crippen LogP contribution in [-0.2, 0) is 6.42 Å². The molecule has 1 rings (SSSR count). The van der Waals surface area contributed by atoms with E-state index in [9.17, 15) is 5.11 Å². The molecule has 0 saturated heterocycles. The molecule has 0 heterocycles. The number of phenols is 1. The molecule has 0 aliphatic rings. The van der Waals surface area contributed by atoms with Crippen LogP contribution in [0.4, 0.5) is 0 Å². The van der Waals surface area contributed by atoms with E-state index in [1.54, 1.807) is 0 Å². The highest BCUT2D eigenvalue weighted by Gasteiger charge is 2.11. The van der Waals surface area contributed by atoms with E-state index in [1.807, 2.05) is 26.0 Å². The lowest BCUT2D eigenvalue weighted by Crippen LogP contribution is -2.00. The van der Waals surface area contributed by atoms with Gasteiger partial charge in [-0.25, -0.2) is 0 Å². The van der Waals surface area contributed by atoms with Crippen LogP contribution in [0, 0.1) is 0 Å². The van der Waals surface area contributed by atoms with Gasteiger partial charge in [0.1, 0.15) is 0 Å². The summed E-state index contributed by atoms with van der Waals surface area (Å²) in [5, 5.41) is 10.0. The van der Waals surface area contributed by atoms with Crippen molar-refractivity contribution in [1.82, 2.24) is 0 Å². The summed E-state index contributed by atoms with van der Waals surface area (Å²) in [6.45, 7) is 7.35. The minimum absolute atomic E-state index is 0.115. The Morgan fingerprint density at radius 2 is 1.41 bits per heavy atom. The number of aromatic hydroxyl groups is 1. The second-order valence-electron chi connectivity index (χ2n) is 3.99. The zero-order valence-corrected chi connectivity index (χ0v) is 11.0. The molecule has 0 atom stereocenters. The number of aryl methyl sites for hydroxylation is 1. The Kier molecular flexibility index (Phi) is 5.67. The zero-order chi connectivity index (χ0) is 12.7. The van der Waals surface area contributed by atoms with Gasteiger partial charge >= 0.3 is 0 Å². The summed E-state index contributed by atoms with van der Waals surface area (Å²) < 4.78 is 11.0. The molecule has 0 bridgehead atoms. The molecular weight excluding hydrogens is 216 g/mol. The Labute approximate surface area is 103 Å². The van der Waals surface area contributed by atoms with Crippen molar-refractivity contribution in [1.29, 1.82) is 0 Å². The predicted molar refractivity (Wildman–Crippen MR) is 69.1 cm³/mol. The molecule has 0 aliphatic carbocycles. The monoisotopic (exact) mass is 238 g/mol.